The van der Waals surface area contributed by atoms with Crippen molar-refractivity contribution in [3.63, 3.8) is 0 Å². The van der Waals surface area contributed by atoms with Gasteiger partial charge in [-0.05, 0) is 66.4 Å². The van der Waals surface area contributed by atoms with E-state index in [0.29, 0.717) is 22.1 Å². The van der Waals surface area contributed by atoms with Gasteiger partial charge in [0.05, 0.1) is 34.8 Å². The van der Waals surface area contributed by atoms with Crippen molar-refractivity contribution < 1.29 is 9.53 Å². The molecule has 10 heteroatoms. The van der Waals surface area contributed by atoms with Crippen molar-refractivity contribution in [2.75, 3.05) is 56.9 Å². The van der Waals surface area contributed by atoms with E-state index < -0.39 is 0 Å². The first-order valence-corrected chi connectivity index (χ1v) is 11.5. The van der Waals surface area contributed by atoms with Crippen LogP contribution in [0.4, 0.5) is 21.9 Å². The molecule has 1 aromatic heterocycles. The van der Waals surface area contributed by atoms with E-state index in [1.165, 1.54) is 0 Å². The molecule has 0 aliphatic rings. The summed E-state index contributed by atoms with van der Waals surface area (Å²) in [5.41, 5.74) is 3.78. The summed E-state index contributed by atoms with van der Waals surface area (Å²) in [5, 5.41) is 10.7. The van der Waals surface area contributed by atoms with Gasteiger partial charge in [0.15, 0.2) is 0 Å². The van der Waals surface area contributed by atoms with Gasteiger partial charge >= 0.3 is 6.03 Å². The number of nitrogens with zero attached hydrogens (tertiary/aromatic N) is 4. The highest BCUT2D eigenvalue weighted by Crippen LogP contribution is 2.36. The predicted octanol–water partition coefficient (Wildman–Crippen LogP) is 5.15. The summed E-state index contributed by atoms with van der Waals surface area (Å²) in [6.07, 6.45) is 1.72. The first-order chi connectivity index (χ1) is 15.7. The van der Waals surface area contributed by atoms with E-state index in [0.717, 1.165) is 34.5 Å². The molecule has 0 spiro atoms. The Hall–Kier alpha value is -2.75. The highest BCUT2D eigenvalue weighted by atomic mass is 79.9. The Morgan fingerprint density at radius 1 is 1.15 bits per heavy atom. The van der Waals surface area contributed by atoms with E-state index in [-0.39, 0.29) is 6.03 Å². The summed E-state index contributed by atoms with van der Waals surface area (Å²) >= 11 is 9.75. The van der Waals surface area contributed by atoms with Crippen molar-refractivity contribution in [2.24, 2.45) is 7.05 Å². The summed E-state index contributed by atoms with van der Waals surface area (Å²) in [6, 6.07) is 10.5. The van der Waals surface area contributed by atoms with Gasteiger partial charge in [0.25, 0.3) is 0 Å². The zero-order valence-corrected chi connectivity index (χ0v) is 21.7. The Morgan fingerprint density at radius 3 is 2.55 bits per heavy atom. The smallest absolute Gasteiger partial charge is 0.323 e. The number of halogens is 2. The van der Waals surface area contributed by atoms with Gasteiger partial charge in [0, 0.05) is 43.5 Å². The lowest BCUT2D eigenvalue weighted by Gasteiger charge is -2.24. The van der Waals surface area contributed by atoms with Crippen LogP contribution in [0, 0.1) is 0 Å². The van der Waals surface area contributed by atoms with E-state index in [2.05, 4.69) is 41.5 Å². The van der Waals surface area contributed by atoms with Gasteiger partial charge in [-0.15, -0.1) is 0 Å². The van der Waals surface area contributed by atoms with Gasteiger partial charge in [-0.3, -0.25) is 4.68 Å². The standard InChI is InChI=1S/C23H28BrClN6O2/c1-29(2)10-11-30(3)20-12-15(25)6-8-19(20)28-23(32)27-16-7-9-21(33-5)17(13-16)22-18(24)14-26-31(22)4/h6-9,12-14H,10-11H2,1-5H3,(H2,27,28,32). The van der Waals surface area contributed by atoms with Crippen molar-refractivity contribution in [1.29, 1.82) is 0 Å². The normalized spacial score (nSPS) is 10.9. The van der Waals surface area contributed by atoms with Crippen LogP contribution < -0.4 is 20.3 Å². The minimum absolute atomic E-state index is 0.361. The molecule has 176 valence electrons. The second-order valence-electron chi connectivity index (χ2n) is 7.85. The number of rotatable bonds is 8. The highest BCUT2D eigenvalue weighted by molar-refractivity contribution is 9.10. The first-order valence-electron chi connectivity index (χ1n) is 10.3. The number of nitrogens with one attached hydrogen (secondary N) is 2. The number of ether oxygens (including phenoxy) is 1. The van der Waals surface area contributed by atoms with Crippen LogP contribution in [0.25, 0.3) is 11.3 Å². The maximum Gasteiger partial charge on any atom is 0.323 e. The van der Waals surface area contributed by atoms with Crippen LogP contribution in [0.15, 0.2) is 47.1 Å². The van der Waals surface area contributed by atoms with Crippen molar-refractivity contribution in [2.45, 2.75) is 0 Å². The molecular weight excluding hydrogens is 508 g/mol. The molecular formula is C23H28BrClN6O2. The molecule has 0 aliphatic carbocycles. The number of carbonyl (C=O) groups excluding carboxylic acids is 1. The zero-order chi connectivity index (χ0) is 24.1. The number of amides is 2. The highest BCUT2D eigenvalue weighted by Gasteiger charge is 2.16. The van der Waals surface area contributed by atoms with Gasteiger partial charge in [-0.2, -0.15) is 5.10 Å². The average molecular weight is 536 g/mol. The molecule has 2 amide bonds. The molecule has 0 aliphatic heterocycles. The van der Waals surface area contributed by atoms with E-state index in [9.17, 15) is 4.79 Å². The third-order valence-corrected chi connectivity index (χ3v) is 5.92. The van der Waals surface area contributed by atoms with Crippen LogP contribution in [0.1, 0.15) is 0 Å². The third kappa shape index (κ3) is 6.19. The number of aromatic nitrogens is 2. The van der Waals surface area contributed by atoms with Gasteiger partial charge < -0.3 is 25.2 Å². The number of aryl methyl sites for hydroxylation is 1. The third-order valence-electron chi connectivity index (χ3n) is 5.11. The van der Waals surface area contributed by atoms with Gasteiger partial charge in [-0.1, -0.05) is 11.6 Å². The summed E-state index contributed by atoms with van der Waals surface area (Å²) < 4.78 is 8.09. The number of likely N-dealkylation sites (N-methyl/N-ethyl adjacent to an activating group) is 2. The van der Waals surface area contributed by atoms with Crippen LogP contribution in [-0.4, -0.2) is 62.1 Å². The Labute approximate surface area is 207 Å². The molecule has 2 aromatic carbocycles. The number of hydrogen-bond donors (Lipinski definition) is 2. The fraction of sp³-hybridized carbons (Fsp3) is 0.304. The number of methoxy groups -OCH3 is 1. The molecule has 3 rings (SSSR count). The first kappa shape index (κ1) is 24.9. The molecule has 0 fully saturated rings. The zero-order valence-electron chi connectivity index (χ0n) is 19.3. The predicted molar refractivity (Wildman–Crippen MR) is 139 cm³/mol. The topological polar surface area (TPSA) is 74.7 Å². The molecule has 33 heavy (non-hydrogen) atoms. The number of anilines is 3. The van der Waals surface area contributed by atoms with Gasteiger partial charge in [0.1, 0.15) is 5.75 Å². The fourth-order valence-electron chi connectivity index (χ4n) is 3.37. The van der Waals surface area contributed by atoms with Gasteiger partial charge in [0.2, 0.25) is 0 Å². The second kappa shape index (κ2) is 10.9. The van der Waals surface area contributed by atoms with Crippen molar-refractivity contribution in [1.82, 2.24) is 14.7 Å². The molecule has 3 aromatic rings. The Morgan fingerprint density at radius 2 is 1.91 bits per heavy atom. The lowest BCUT2D eigenvalue weighted by molar-refractivity contribution is 0.262. The molecule has 2 N–H and O–H groups in total. The maximum atomic E-state index is 12.9. The lowest BCUT2D eigenvalue weighted by Crippen LogP contribution is -2.29. The summed E-state index contributed by atoms with van der Waals surface area (Å²) in [7, 11) is 9.47. The summed E-state index contributed by atoms with van der Waals surface area (Å²) in [4.78, 5) is 17.0. The van der Waals surface area contributed by atoms with Crippen LogP contribution >= 0.6 is 27.5 Å². The van der Waals surface area contributed by atoms with Crippen molar-refractivity contribution in [3.05, 3.63) is 52.1 Å². The maximum absolute atomic E-state index is 12.9. The van der Waals surface area contributed by atoms with Crippen molar-refractivity contribution >= 4 is 50.6 Å². The molecule has 0 atom stereocenters. The van der Waals surface area contributed by atoms with Crippen LogP contribution in [0.2, 0.25) is 5.02 Å². The average Bonchev–Trinajstić information content (AvgIpc) is 3.10. The van der Waals surface area contributed by atoms with E-state index in [1.54, 1.807) is 36.2 Å². The molecule has 8 nitrogen and oxygen atoms in total. The van der Waals surface area contributed by atoms with E-state index in [4.69, 9.17) is 16.3 Å². The minimum atomic E-state index is -0.361. The Kier molecular flexibility index (Phi) is 8.23. The van der Waals surface area contributed by atoms with Crippen LogP contribution in [0.3, 0.4) is 0 Å². The minimum Gasteiger partial charge on any atom is -0.496 e. The van der Waals surface area contributed by atoms with Crippen LogP contribution in [0.5, 0.6) is 5.75 Å². The molecule has 0 saturated carbocycles. The largest absolute Gasteiger partial charge is 0.496 e. The molecule has 1 heterocycles. The molecule has 0 radical (unpaired) electrons. The second-order valence-corrected chi connectivity index (χ2v) is 9.14. The summed E-state index contributed by atoms with van der Waals surface area (Å²) in [5.74, 6) is 0.674. The van der Waals surface area contributed by atoms with E-state index >= 15 is 0 Å². The van der Waals surface area contributed by atoms with Gasteiger partial charge in [-0.25, -0.2) is 4.79 Å². The summed E-state index contributed by atoms with van der Waals surface area (Å²) in [6.45, 7) is 1.65. The lowest BCUT2D eigenvalue weighted by atomic mass is 10.1. The quantitative estimate of drug-likeness (QED) is 0.417. The number of hydrogen-bond acceptors (Lipinski definition) is 5. The molecule has 0 bridgehead atoms. The Balaban J connectivity index is 1.81. The number of urea groups is 1. The fourth-order valence-corrected chi connectivity index (χ4v) is 4.09. The SMILES string of the molecule is COc1ccc(NC(=O)Nc2ccc(Cl)cc2N(C)CCN(C)C)cc1-c1c(Br)cnn1C. The van der Waals surface area contributed by atoms with E-state index in [1.807, 2.05) is 46.4 Å². The van der Waals surface area contributed by atoms with Crippen LogP contribution in [-0.2, 0) is 7.05 Å². The number of benzene rings is 2. The Bertz CT molecular complexity index is 1110. The number of carbonyl (C=O) groups is 1. The monoisotopic (exact) mass is 534 g/mol. The van der Waals surface area contributed by atoms with Crippen molar-refractivity contribution in [3.8, 4) is 17.0 Å². The molecule has 0 unspecified atom stereocenters. The molecule has 0 saturated heterocycles.